The fourth-order valence-corrected chi connectivity index (χ4v) is 7.85. The van der Waals surface area contributed by atoms with Crippen LogP contribution in [0, 0.1) is 5.92 Å². The molecule has 1 amide bonds. The van der Waals surface area contributed by atoms with Crippen molar-refractivity contribution < 1.29 is 19.7 Å². The highest BCUT2D eigenvalue weighted by Gasteiger charge is 2.36. The van der Waals surface area contributed by atoms with E-state index in [1.165, 1.54) is 12.1 Å². The number of fused-ring (bicyclic) bond motifs is 5. The number of amides is 1. The summed E-state index contributed by atoms with van der Waals surface area (Å²) in [7, 11) is 0. The lowest BCUT2D eigenvalue weighted by Crippen LogP contribution is -2.52. The lowest BCUT2D eigenvalue weighted by Gasteiger charge is -2.43. The summed E-state index contributed by atoms with van der Waals surface area (Å²) in [4.78, 5) is 31.7. The molecule has 2 atom stereocenters. The Labute approximate surface area is 312 Å². The standard InChI is InChI=1S/C42H45N7O5/c50-37-15-12-32(33-13-16-40(52)45-41(33)37)38(51)25-43-24-28-10-14-34-36(23-28)47-49(46-34)19-5-4-6-27-9-11-31(29-7-2-1-3-8-29)35(22-27)44-42(53)54-39-26-48-20-17-30(39)18-21-48/h1-3,7-16,22-23,30,38-39,43,50-51H,4-6,17-21,24-26H2,(H,44,53)(H,45,52)/t38-,39-/m0/s1. The Kier molecular flexibility index (Phi) is 10.4. The van der Waals surface area contributed by atoms with Crippen molar-refractivity contribution in [3.05, 3.63) is 118 Å². The fraction of sp³-hybridized carbons (Fsp3) is 0.333. The van der Waals surface area contributed by atoms with Gasteiger partial charge in [0.1, 0.15) is 22.9 Å². The first-order chi connectivity index (χ1) is 26.4. The van der Waals surface area contributed by atoms with Gasteiger partial charge in [0.2, 0.25) is 5.56 Å². The fourth-order valence-electron chi connectivity index (χ4n) is 7.85. The summed E-state index contributed by atoms with van der Waals surface area (Å²) < 4.78 is 5.97. The molecule has 0 spiro atoms. The van der Waals surface area contributed by atoms with Crippen LogP contribution in [0.25, 0.3) is 33.1 Å². The molecule has 54 heavy (non-hydrogen) atoms. The number of piperidine rings is 3. The van der Waals surface area contributed by atoms with Crippen molar-refractivity contribution in [1.82, 2.24) is 30.2 Å². The molecule has 9 rings (SSSR count). The summed E-state index contributed by atoms with van der Waals surface area (Å²) in [5.74, 6) is 0.408. The molecule has 3 fully saturated rings. The van der Waals surface area contributed by atoms with Crippen LogP contribution in [0.5, 0.6) is 5.75 Å². The first kappa shape index (κ1) is 35.5. The maximum atomic E-state index is 13.2. The minimum atomic E-state index is -0.843. The highest BCUT2D eigenvalue weighted by Crippen LogP contribution is 2.33. The molecule has 2 aromatic heterocycles. The monoisotopic (exact) mass is 727 g/mol. The van der Waals surface area contributed by atoms with Crippen molar-refractivity contribution in [2.75, 3.05) is 31.5 Å². The second-order valence-corrected chi connectivity index (χ2v) is 14.5. The van der Waals surface area contributed by atoms with E-state index in [0.29, 0.717) is 35.5 Å². The van der Waals surface area contributed by atoms with Gasteiger partial charge in [-0.1, -0.05) is 54.6 Å². The number of aromatic amines is 1. The summed E-state index contributed by atoms with van der Waals surface area (Å²) in [6.07, 6.45) is 3.55. The summed E-state index contributed by atoms with van der Waals surface area (Å²) >= 11 is 0. The number of aliphatic hydroxyl groups is 1. The normalized spacial score (nSPS) is 18.6. The zero-order chi connectivity index (χ0) is 37.0. The third-order valence-corrected chi connectivity index (χ3v) is 10.8. The minimum absolute atomic E-state index is 0.0389. The second kappa shape index (κ2) is 15.8. The summed E-state index contributed by atoms with van der Waals surface area (Å²) in [6.45, 7) is 4.49. The van der Waals surface area contributed by atoms with E-state index < -0.39 is 6.10 Å². The van der Waals surface area contributed by atoms with E-state index in [2.05, 4.69) is 55.9 Å². The third kappa shape index (κ3) is 8.01. The molecule has 5 heterocycles. The van der Waals surface area contributed by atoms with Gasteiger partial charge in [0, 0.05) is 36.7 Å². The first-order valence-electron chi connectivity index (χ1n) is 18.8. The van der Waals surface area contributed by atoms with E-state index in [9.17, 15) is 19.8 Å². The third-order valence-electron chi connectivity index (χ3n) is 10.8. The van der Waals surface area contributed by atoms with Crippen LogP contribution in [0.15, 0.2) is 95.8 Å². The average molecular weight is 728 g/mol. The van der Waals surface area contributed by atoms with Crippen molar-refractivity contribution in [2.24, 2.45) is 5.92 Å². The van der Waals surface area contributed by atoms with E-state index in [1.54, 1.807) is 16.9 Å². The number of benzene rings is 4. The SMILES string of the molecule is O=C(Nc1cc(CCCCn2nc3ccc(CNC[C@H](O)c4ccc(O)c5[nH]c(=O)ccc45)cc3n2)ccc1-c1ccccc1)O[C@H]1CN2CCC1CC2. The number of aryl methyl sites for hydroxylation is 2. The number of nitrogens with one attached hydrogen (secondary N) is 3. The number of hydrogen-bond acceptors (Lipinski definition) is 9. The van der Waals surface area contributed by atoms with Gasteiger partial charge >= 0.3 is 6.09 Å². The number of anilines is 1. The van der Waals surface area contributed by atoms with Gasteiger partial charge in [0.25, 0.3) is 0 Å². The number of carbonyl (C=O) groups excluding carboxylic acids is 1. The number of aliphatic hydroxyl groups excluding tert-OH is 1. The van der Waals surface area contributed by atoms with Crippen LogP contribution in [0.1, 0.15) is 48.5 Å². The molecule has 0 saturated carbocycles. The van der Waals surface area contributed by atoms with Crippen molar-refractivity contribution in [2.45, 2.75) is 57.4 Å². The molecule has 4 aromatic carbocycles. The van der Waals surface area contributed by atoms with Crippen molar-refractivity contribution in [3.63, 3.8) is 0 Å². The van der Waals surface area contributed by atoms with Crippen LogP contribution < -0.4 is 16.2 Å². The maximum Gasteiger partial charge on any atom is 0.411 e. The Hall–Kier alpha value is -5.56. The number of phenolic OH excluding ortho intramolecular Hbond substituents is 1. The molecular formula is C42H45N7O5. The zero-order valence-electron chi connectivity index (χ0n) is 30.1. The van der Waals surface area contributed by atoms with E-state index in [1.807, 2.05) is 36.4 Å². The number of rotatable bonds is 13. The Balaban J connectivity index is 0.849. The van der Waals surface area contributed by atoms with E-state index in [4.69, 9.17) is 9.84 Å². The largest absolute Gasteiger partial charge is 0.506 e. The molecule has 12 heteroatoms. The molecule has 0 aliphatic carbocycles. The smallest absolute Gasteiger partial charge is 0.411 e. The van der Waals surface area contributed by atoms with Crippen LogP contribution in [-0.2, 0) is 24.2 Å². The highest BCUT2D eigenvalue weighted by molar-refractivity contribution is 5.92. The number of aromatic nitrogens is 4. The van der Waals surface area contributed by atoms with Crippen molar-refractivity contribution in [3.8, 4) is 16.9 Å². The van der Waals surface area contributed by atoms with Gasteiger partial charge in [0.05, 0.1) is 23.9 Å². The molecule has 3 saturated heterocycles. The zero-order valence-corrected chi connectivity index (χ0v) is 30.1. The highest BCUT2D eigenvalue weighted by atomic mass is 16.6. The molecule has 2 bridgehead atoms. The number of H-pyrrole nitrogens is 1. The molecule has 3 aliphatic rings. The van der Waals surface area contributed by atoms with E-state index >= 15 is 0 Å². The van der Waals surface area contributed by atoms with Gasteiger partial charge in [-0.05, 0) is 104 Å². The molecular weight excluding hydrogens is 683 g/mol. The predicted octanol–water partition coefficient (Wildman–Crippen LogP) is 6.13. The quantitative estimate of drug-likeness (QED) is 0.0883. The maximum absolute atomic E-state index is 13.2. The van der Waals surface area contributed by atoms with Gasteiger partial charge in [-0.25, -0.2) is 4.79 Å². The van der Waals surface area contributed by atoms with Gasteiger partial charge < -0.3 is 25.3 Å². The van der Waals surface area contributed by atoms with Crippen molar-refractivity contribution >= 4 is 33.7 Å². The topological polar surface area (TPSA) is 158 Å². The lowest BCUT2D eigenvalue weighted by molar-refractivity contribution is -0.0289. The van der Waals surface area contributed by atoms with E-state index in [-0.39, 0.29) is 30.1 Å². The molecule has 0 unspecified atom stereocenters. The lowest BCUT2D eigenvalue weighted by atomic mass is 9.86. The molecule has 3 aliphatic heterocycles. The van der Waals surface area contributed by atoms with Crippen LogP contribution in [-0.4, -0.2) is 73.5 Å². The number of phenols is 1. The first-order valence-corrected chi connectivity index (χ1v) is 18.8. The summed E-state index contributed by atoms with van der Waals surface area (Å²) in [5.41, 5.74) is 7.15. The number of nitrogens with zero attached hydrogens (tertiary/aromatic N) is 4. The number of carbonyl (C=O) groups is 1. The van der Waals surface area contributed by atoms with Crippen LogP contribution >= 0.6 is 0 Å². The van der Waals surface area contributed by atoms with E-state index in [0.717, 1.165) is 90.7 Å². The number of unbranched alkanes of at least 4 members (excludes halogenated alkanes) is 1. The number of aromatic hydroxyl groups is 1. The summed E-state index contributed by atoms with van der Waals surface area (Å²) in [6, 6.07) is 28.5. The number of hydrogen-bond donors (Lipinski definition) is 5. The Bertz CT molecular complexity index is 2320. The van der Waals surface area contributed by atoms with Crippen LogP contribution in [0.3, 0.4) is 0 Å². The average Bonchev–Trinajstić information content (AvgIpc) is 3.60. The predicted molar refractivity (Wildman–Crippen MR) is 208 cm³/mol. The van der Waals surface area contributed by atoms with Crippen molar-refractivity contribution in [1.29, 1.82) is 0 Å². The van der Waals surface area contributed by atoms with Gasteiger partial charge in [-0.3, -0.25) is 15.0 Å². The Morgan fingerprint density at radius 3 is 2.56 bits per heavy atom. The van der Waals surface area contributed by atoms with Gasteiger partial charge in [0.15, 0.2) is 0 Å². The van der Waals surface area contributed by atoms with Gasteiger partial charge in [-0.2, -0.15) is 15.0 Å². The molecule has 6 aromatic rings. The Morgan fingerprint density at radius 1 is 0.926 bits per heavy atom. The van der Waals surface area contributed by atoms with Crippen LogP contribution in [0.2, 0.25) is 0 Å². The minimum Gasteiger partial charge on any atom is -0.506 e. The van der Waals surface area contributed by atoms with Crippen LogP contribution in [0.4, 0.5) is 10.5 Å². The summed E-state index contributed by atoms with van der Waals surface area (Å²) in [5, 5.41) is 37.4. The molecule has 5 N–H and O–H groups in total. The number of ether oxygens (including phenoxy) is 1. The Morgan fingerprint density at radius 2 is 1.74 bits per heavy atom. The molecule has 0 radical (unpaired) electrons. The molecule has 12 nitrogen and oxygen atoms in total. The second-order valence-electron chi connectivity index (χ2n) is 14.5. The molecule has 278 valence electrons. The number of pyridine rings is 1. The van der Waals surface area contributed by atoms with Gasteiger partial charge in [-0.15, -0.1) is 0 Å².